The molecule has 0 saturated carbocycles. The van der Waals surface area contributed by atoms with Gasteiger partial charge in [-0.2, -0.15) is 0 Å². The minimum Gasteiger partial charge on any atom is -0.497 e. The van der Waals surface area contributed by atoms with Crippen molar-refractivity contribution in [3.63, 3.8) is 0 Å². The number of benzene rings is 1. The fraction of sp³-hybridized carbons (Fsp3) is 0.412. The van der Waals surface area contributed by atoms with Crippen LogP contribution in [0.25, 0.3) is 0 Å². The van der Waals surface area contributed by atoms with E-state index in [4.69, 9.17) is 25.8 Å². The molecule has 7 nitrogen and oxygen atoms in total. The Morgan fingerprint density at radius 3 is 2.68 bits per heavy atom. The van der Waals surface area contributed by atoms with Crippen LogP contribution in [0.1, 0.15) is 24.9 Å². The summed E-state index contributed by atoms with van der Waals surface area (Å²) in [6.45, 7) is 1.85. The van der Waals surface area contributed by atoms with Gasteiger partial charge in [0.05, 0.1) is 32.4 Å². The molecule has 1 heterocycles. The number of hydrogen-bond acceptors (Lipinski definition) is 5. The minimum atomic E-state index is -0.720. The number of amides is 2. The maximum absolute atomic E-state index is 12.5. The molecule has 2 N–H and O–H groups in total. The Labute approximate surface area is 151 Å². The number of carbonyl (C=O) groups excluding carboxylic acids is 2. The molecule has 136 valence electrons. The summed E-state index contributed by atoms with van der Waals surface area (Å²) in [5.74, 6) is 0.973. The van der Waals surface area contributed by atoms with Crippen LogP contribution in [0.4, 0.5) is 4.79 Å². The van der Waals surface area contributed by atoms with E-state index in [0.29, 0.717) is 40.6 Å². The van der Waals surface area contributed by atoms with Crippen LogP contribution in [0.2, 0.25) is 0 Å². The lowest BCUT2D eigenvalue weighted by atomic mass is 9.94. The van der Waals surface area contributed by atoms with E-state index < -0.39 is 18.0 Å². The van der Waals surface area contributed by atoms with Crippen molar-refractivity contribution in [2.45, 2.75) is 19.4 Å². The third kappa shape index (κ3) is 4.36. The van der Waals surface area contributed by atoms with Gasteiger partial charge < -0.3 is 24.8 Å². The van der Waals surface area contributed by atoms with Crippen molar-refractivity contribution in [3.8, 4) is 11.5 Å². The molecule has 0 spiro atoms. The van der Waals surface area contributed by atoms with E-state index in [-0.39, 0.29) is 6.61 Å². The Morgan fingerprint density at radius 1 is 1.28 bits per heavy atom. The summed E-state index contributed by atoms with van der Waals surface area (Å²) in [5, 5.41) is 5.34. The number of allylic oxidation sites excluding steroid dienone is 1. The SMILES string of the molecule is COc1ccc(OC)c([C@@H]2NC(=O)NC(C)=C2C(=O)OCCCCl)c1. The zero-order chi connectivity index (χ0) is 18.4. The second kappa shape index (κ2) is 8.62. The van der Waals surface area contributed by atoms with Gasteiger partial charge in [0.25, 0.3) is 0 Å². The third-order valence-corrected chi connectivity index (χ3v) is 4.02. The van der Waals surface area contributed by atoms with Crippen LogP contribution >= 0.6 is 11.6 Å². The Kier molecular flexibility index (Phi) is 6.52. The molecule has 8 heteroatoms. The molecule has 2 rings (SSSR count). The van der Waals surface area contributed by atoms with E-state index in [9.17, 15) is 9.59 Å². The van der Waals surface area contributed by atoms with Gasteiger partial charge in [-0.25, -0.2) is 9.59 Å². The molecule has 2 amide bonds. The van der Waals surface area contributed by atoms with E-state index in [0.717, 1.165) is 0 Å². The van der Waals surface area contributed by atoms with Crippen LogP contribution in [-0.2, 0) is 9.53 Å². The molecular formula is C17H21ClN2O5. The number of nitrogens with one attached hydrogen (secondary N) is 2. The number of carbonyl (C=O) groups is 2. The Balaban J connectivity index is 2.44. The number of urea groups is 1. The first-order chi connectivity index (χ1) is 12.0. The summed E-state index contributed by atoms with van der Waals surface area (Å²) in [6, 6.07) is 4.04. The zero-order valence-corrected chi connectivity index (χ0v) is 15.1. The number of halogens is 1. The first-order valence-corrected chi connectivity index (χ1v) is 8.28. The Hall–Kier alpha value is -2.41. The highest BCUT2D eigenvalue weighted by atomic mass is 35.5. The average Bonchev–Trinajstić information content (AvgIpc) is 2.60. The molecule has 0 unspecified atom stereocenters. The molecule has 0 fully saturated rings. The highest BCUT2D eigenvalue weighted by molar-refractivity contribution is 6.17. The van der Waals surface area contributed by atoms with Gasteiger partial charge in [0, 0.05) is 17.1 Å². The fourth-order valence-electron chi connectivity index (χ4n) is 2.56. The monoisotopic (exact) mass is 368 g/mol. The van der Waals surface area contributed by atoms with Crippen LogP contribution in [0, 0.1) is 0 Å². The minimum absolute atomic E-state index is 0.203. The molecule has 0 aromatic heterocycles. The third-order valence-electron chi connectivity index (χ3n) is 3.75. The van der Waals surface area contributed by atoms with Crippen LogP contribution < -0.4 is 20.1 Å². The molecule has 1 atom stereocenters. The number of methoxy groups -OCH3 is 2. The molecule has 1 aromatic rings. The quantitative estimate of drug-likeness (QED) is 0.439. The van der Waals surface area contributed by atoms with Crippen molar-refractivity contribution in [1.29, 1.82) is 0 Å². The van der Waals surface area contributed by atoms with E-state index in [1.807, 2.05) is 0 Å². The summed E-state index contributed by atoms with van der Waals surface area (Å²) >= 11 is 5.61. The smallest absolute Gasteiger partial charge is 0.338 e. The molecule has 1 aliphatic heterocycles. The van der Waals surface area contributed by atoms with E-state index in [1.165, 1.54) is 14.2 Å². The molecule has 0 radical (unpaired) electrons. The predicted octanol–water partition coefficient (Wildman–Crippen LogP) is 2.50. The summed E-state index contributed by atoms with van der Waals surface area (Å²) in [5.41, 5.74) is 1.33. The zero-order valence-electron chi connectivity index (χ0n) is 14.3. The molecule has 1 aromatic carbocycles. The van der Waals surface area contributed by atoms with Crippen molar-refractivity contribution in [2.24, 2.45) is 0 Å². The second-order valence-corrected chi connectivity index (χ2v) is 5.73. The van der Waals surface area contributed by atoms with Gasteiger partial charge >= 0.3 is 12.0 Å². The summed E-state index contributed by atoms with van der Waals surface area (Å²) in [6.07, 6.45) is 0.548. The summed E-state index contributed by atoms with van der Waals surface area (Å²) in [7, 11) is 3.05. The lowest BCUT2D eigenvalue weighted by Gasteiger charge is -2.29. The number of esters is 1. The Bertz CT molecular complexity index is 690. The fourth-order valence-corrected chi connectivity index (χ4v) is 2.67. The van der Waals surface area contributed by atoms with Crippen molar-refractivity contribution >= 4 is 23.6 Å². The predicted molar refractivity (Wildman–Crippen MR) is 93.0 cm³/mol. The van der Waals surface area contributed by atoms with Crippen molar-refractivity contribution in [2.75, 3.05) is 26.7 Å². The van der Waals surface area contributed by atoms with Crippen LogP contribution in [0.3, 0.4) is 0 Å². The van der Waals surface area contributed by atoms with Gasteiger partial charge in [-0.3, -0.25) is 0 Å². The topological polar surface area (TPSA) is 85.9 Å². The maximum Gasteiger partial charge on any atom is 0.338 e. The number of ether oxygens (including phenoxy) is 3. The molecule has 25 heavy (non-hydrogen) atoms. The summed E-state index contributed by atoms with van der Waals surface area (Å²) < 4.78 is 15.9. The van der Waals surface area contributed by atoms with Crippen LogP contribution in [0.5, 0.6) is 11.5 Å². The number of alkyl halides is 1. The van der Waals surface area contributed by atoms with E-state index >= 15 is 0 Å². The van der Waals surface area contributed by atoms with Gasteiger partial charge in [-0.1, -0.05) is 0 Å². The molecular weight excluding hydrogens is 348 g/mol. The molecule has 1 aliphatic rings. The van der Waals surface area contributed by atoms with Crippen molar-refractivity contribution in [1.82, 2.24) is 10.6 Å². The molecule has 0 bridgehead atoms. The van der Waals surface area contributed by atoms with E-state index in [2.05, 4.69) is 10.6 Å². The lowest BCUT2D eigenvalue weighted by Crippen LogP contribution is -2.45. The largest absolute Gasteiger partial charge is 0.497 e. The van der Waals surface area contributed by atoms with Gasteiger partial charge in [0.2, 0.25) is 0 Å². The van der Waals surface area contributed by atoms with Gasteiger partial charge in [0.1, 0.15) is 11.5 Å². The van der Waals surface area contributed by atoms with Gasteiger partial charge in [-0.15, -0.1) is 11.6 Å². The first-order valence-electron chi connectivity index (χ1n) is 7.75. The second-order valence-electron chi connectivity index (χ2n) is 5.36. The van der Waals surface area contributed by atoms with Gasteiger partial charge in [-0.05, 0) is 31.5 Å². The average molecular weight is 369 g/mol. The molecule has 0 saturated heterocycles. The van der Waals surface area contributed by atoms with Gasteiger partial charge in [0.15, 0.2) is 0 Å². The van der Waals surface area contributed by atoms with Crippen LogP contribution in [0.15, 0.2) is 29.5 Å². The van der Waals surface area contributed by atoms with E-state index in [1.54, 1.807) is 25.1 Å². The highest BCUT2D eigenvalue weighted by Gasteiger charge is 2.34. The summed E-state index contributed by atoms with van der Waals surface area (Å²) in [4.78, 5) is 24.5. The maximum atomic E-state index is 12.5. The molecule has 0 aliphatic carbocycles. The number of hydrogen-bond donors (Lipinski definition) is 2. The first kappa shape index (κ1) is 18.9. The van der Waals surface area contributed by atoms with Crippen molar-refractivity contribution in [3.05, 3.63) is 35.0 Å². The Morgan fingerprint density at radius 2 is 2.04 bits per heavy atom. The number of rotatable bonds is 7. The lowest BCUT2D eigenvalue weighted by molar-refractivity contribution is -0.139. The normalized spacial score (nSPS) is 16.8. The van der Waals surface area contributed by atoms with Crippen LogP contribution in [-0.4, -0.2) is 38.7 Å². The standard InChI is InChI=1S/C17H21ClN2O5/c1-10-14(16(21)25-8-4-7-18)15(20-17(22)19-10)12-9-11(23-2)5-6-13(12)24-3/h5-6,9,15H,4,7-8H2,1-3H3,(H2,19,20,22)/t15-/m0/s1. The van der Waals surface area contributed by atoms with Crippen molar-refractivity contribution < 1.29 is 23.8 Å². The highest BCUT2D eigenvalue weighted by Crippen LogP contribution is 2.35.